The van der Waals surface area contributed by atoms with Crippen molar-refractivity contribution >= 4 is 17.7 Å². The maximum absolute atomic E-state index is 13.0. The van der Waals surface area contributed by atoms with Crippen LogP contribution in [-0.2, 0) is 5.75 Å². The lowest BCUT2D eigenvalue weighted by atomic mass is 10.1. The minimum atomic E-state index is -0.931. The third-order valence-corrected chi connectivity index (χ3v) is 3.47. The van der Waals surface area contributed by atoms with Gasteiger partial charge in [-0.15, -0.1) is 11.8 Å². The zero-order valence-electron chi connectivity index (χ0n) is 9.47. The summed E-state index contributed by atoms with van der Waals surface area (Å²) in [5, 5.41) is 8.77. The van der Waals surface area contributed by atoms with E-state index in [1.165, 1.54) is 23.9 Å². The second-order valence-electron chi connectivity index (χ2n) is 3.75. The number of carboxylic acid groups (broad SMARTS) is 1. The molecule has 0 aromatic heterocycles. The van der Waals surface area contributed by atoms with Gasteiger partial charge in [0.1, 0.15) is 5.82 Å². The van der Waals surface area contributed by atoms with Crippen LogP contribution in [0.2, 0.25) is 0 Å². The molecular weight excluding hydrogens is 251 g/mol. The molecule has 2 nitrogen and oxygen atoms in total. The van der Waals surface area contributed by atoms with Gasteiger partial charge >= 0.3 is 5.97 Å². The second kappa shape index (κ2) is 5.69. The molecule has 4 heteroatoms. The molecule has 2 rings (SSSR count). The van der Waals surface area contributed by atoms with Gasteiger partial charge in [-0.2, -0.15) is 0 Å². The molecule has 0 aliphatic rings. The van der Waals surface area contributed by atoms with E-state index in [-0.39, 0.29) is 11.4 Å². The lowest BCUT2D eigenvalue weighted by Gasteiger charge is -2.03. The van der Waals surface area contributed by atoms with Crippen molar-refractivity contribution in [3.05, 3.63) is 65.5 Å². The first kappa shape index (κ1) is 12.6. The molecule has 18 heavy (non-hydrogen) atoms. The van der Waals surface area contributed by atoms with Crippen LogP contribution in [0.15, 0.2) is 53.4 Å². The lowest BCUT2D eigenvalue weighted by molar-refractivity contribution is 0.0697. The van der Waals surface area contributed by atoms with Gasteiger partial charge in [0.2, 0.25) is 0 Å². The van der Waals surface area contributed by atoms with Crippen molar-refractivity contribution in [3.8, 4) is 0 Å². The predicted octanol–water partition coefficient (Wildman–Crippen LogP) is 3.82. The molecule has 0 amide bonds. The molecule has 0 saturated heterocycles. The Hall–Kier alpha value is -1.81. The number of hydrogen-bond donors (Lipinski definition) is 1. The normalized spacial score (nSPS) is 10.3. The number of carbonyl (C=O) groups is 1. The van der Waals surface area contributed by atoms with Crippen LogP contribution < -0.4 is 0 Å². The van der Waals surface area contributed by atoms with Crippen molar-refractivity contribution in [3.63, 3.8) is 0 Å². The third-order valence-electron chi connectivity index (χ3n) is 2.40. The number of thioether (sulfide) groups is 1. The van der Waals surface area contributed by atoms with Crippen LogP contribution in [-0.4, -0.2) is 11.1 Å². The molecule has 0 atom stereocenters. The number of carboxylic acids is 1. The highest BCUT2D eigenvalue weighted by Crippen LogP contribution is 2.23. The molecule has 0 saturated carbocycles. The standard InChI is InChI=1S/C14H11FO2S/c15-12-2-1-3-13(8-12)18-9-10-4-6-11(7-5-10)14(16)17/h1-8H,9H2,(H,16,17). The SMILES string of the molecule is O=C(O)c1ccc(CSc2cccc(F)c2)cc1. The minimum absolute atomic E-state index is 0.249. The molecule has 0 bridgehead atoms. The van der Waals surface area contributed by atoms with Crippen LogP contribution in [0.4, 0.5) is 4.39 Å². The summed E-state index contributed by atoms with van der Waals surface area (Å²) in [6.45, 7) is 0. The number of aromatic carboxylic acids is 1. The quantitative estimate of drug-likeness (QED) is 0.851. The van der Waals surface area contributed by atoms with Gasteiger partial charge in [0, 0.05) is 10.6 Å². The van der Waals surface area contributed by atoms with Gasteiger partial charge in [0.05, 0.1) is 5.56 Å². The molecule has 92 valence electrons. The topological polar surface area (TPSA) is 37.3 Å². The molecule has 2 aromatic carbocycles. The summed E-state index contributed by atoms with van der Waals surface area (Å²) in [6.07, 6.45) is 0. The van der Waals surface area contributed by atoms with E-state index in [0.29, 0.717) is 5.75 Å². The van der Waals surface area contributed by atoms with Crippen LogP contribution in [0, 0.1) is 5.82 Å². The van der Waals surface area contributed by atoms with Crippen LogP contribution in [0.1, 0.15) is 15.9 Å². The number of rotatable bonds is 4. The first-order valence-electron chi connectivity index (χ1n) is 5.36. The van der Waals surface area contributed by atoms with E-state index in [4.69, 9.17) is 5.11 Å². The Kier molecular flexibility index (Phi) is 3.99. The average Bonchev–Trinajstić information content (AvgIpc) is 2.37. The fourth-order valence-corrected chi connectivity index (χ4v) is 2.36. The van der Waals surface area contributed by atoms with Gasteiger partial charge in [0.15, 0.2) is 0 Å². The van der Waals surface area contributed by atoms with E-state index in [1.807, 2.05) is 6.07 Å². The molecule has 0 heterocycles. The van der Waals surface area contributed by atoms with Gasteiger partial charge in [-0.05, 0) is 35.9 Å². The second-order valence-corrected chi connectivity index (χ2v) is 4.80. The highest BCUT2D eigenvalue weighted by Gasteiger charge is 2.02. The Morgan fingerprint density at radius 1 is 1.17 bits per heavy atom. The fourth-order valence-electron chi connectivity index (χ4n) is 1.47. The molecule has 0 fully saturated rings. The van der Waals surface area contributed by atoms with E-state index < -0.39 is 5.97 Å². The first-order valence-corrected chi connectivity index (χ1v) is 6.34. The molecule has 2 aromatic rings. The molecule has 0 spiro atoms. The van der Waals surface area contributed by atoms with Crippen molar-refractivity contribution in [2.24, 2.45) is 0 Å². The van der Waals surface area contributed by atoms with Crippen LogP contribution >= 0.6 is 11.8 Å². The predicted molar refractivity (Wildman–Crippen MR) is 69.4 cm³/mol. The smallest absolute Gasteiger partial charge is 0.335 e. The summed E-state index contributed by atoms with van der Waals surface area (Å²) >= 11 is 1.51. The summed E-state index contributed by atoms with van der Waals surface area (Å²) < 4.78 is 13.0. The Morgan fingerprint density at radius 3 is 2.50 bits per heavy atom. The Morgan fingerprint density at radius 2 is 1.89 bits per heavy atom. The highest BCUT2D eigenvalue weighted by atomic mass is 32.2. The molecule has 0 radical (unpaired) electrons. The van der Waals surface area contributed by atoms with Gasteiger partial charge in [-0.1, -0.05) is 18.2 Å². The van der Waals surface area contributed by atoms with E-state index in [0.717, 1.165) is 10.5 Å². The highest BCUT2D eigenvalue weighted by molar-refractivity contribution is 7.98. The molecular formula is C14H11FO2S. The molecule has 1 N–H and O–H groups in total. The first-order chi connectivity index (χ1) is 8.65. The average molecular weight is 262 g/mol. The Labute approximate surface area is 108 Å². The largest absolute Gasteiger partial charge is 0.478 e. The third kappa shape index (κ3) is 3.34. The molecule has 0 unspecified atom stereocenters. The van der Waals surface area contributed by atoms with Gasteiger partial charge in [-0.25, -0.2) is 9.18 Å². The van der Waals surface area contributed by atoms with Crippen molar-refractivity contribution < 1.29 is 14.3 Å². The summed E-state index contributed by atoms with van der Waals surface area (Å²) in [6, 6.07) is 13.1. The number of halogens is 1. The summed E-state index contributed by atoms with van der Waals surface area (Å²) in [7, 11) is 0. The van der Waals surface area contributed by atoms with Crippen LogP contribution in [0.3, 0.4) is 0 Å². The Bertz CT molecular complexity index is 552. The summed E-state index contributed by atoms with van der Waals surface area (Å²) in [5.41, 5.74) is 1.28. The number of benzene rings is 2. The van der Waals surface area contributed by atoms with Crippen molar-refractivity contribution in [2.45, 2.75) is 10.6 Å². The zero-order chi connectivity index (χ0) is 13.0. The molecule has 0 aliphatic heterocycles. The summed E-state index contributed by atoms with van der Waals surface area (Å²) in [5.74, 6) is -0.496. The number of hydrogen-bond acceptors (Lipinski definition) is 2. The fraction of sp³-hybridized carbons (Fsp3) is 0.0714. The zero-order valence-corrected chi connectivity index (χ0v) is 10.3. The van der Waals surface area contributed by atoms with Crippen molar-refractivity contribution in [2.75, 3.05) is 0 Å². The van der Waals surface area contributed by atoms with Gasteiger partial charge < -0.3 is 5.11 Å². The van der Waals surface area contributed by atoms with Crippen molar-refractivity contribution in [1.29, 1.82) is 0 Å². The van der Waals surface area contributed by atoms with Crippen molar-refractivity contribution in [1.82, 2.24) is 0 Å². The van der Waals surface area contributed by atoms with Gasteiger partial charge in [0.25, 0.3) is 0 Å². The Balaban J connectivity index is 2.00. The van der Waals surface area contributed by atoms with Crippen LogP contribution in [0.25, 0.3) is 0 Å². The van der Waals surface area contributed by atoms with E-state index >= 15 is 0 Å². The van der Waals surface area contributed by atoms with E-state index in [9.17, 15) is 9.18 Å². The van der Waals surface area contributed by atoms with E-state index in [2.05, 4.69) is 0 Å². The molecule has 0 aliphatic carbocycles. The maximum Gasteiger partial charge on any atom is 0.335 e. The summed E-state index contributed by atoms with van der Waals surface area (Å²) in [4.78, 5) is 11.5. The maximum atomic E-state index is 13.0. The van der Waals surface area contributed by atoms with E-state index in [1.54, 1.807) is 30.3 Å². The minimum Gasteiger partial charge on any atom is -0.478 e. The lowest BCUT2D eigenvalue weighted by Crippen LogP contribution is -1.95. The van der Waals surface area contributed by atoms with Crippen LogP contribution in [0.5, 0.6) is 0 Å². The van der Waals surface area contributed by atoms with Gasteiger partial charge in [-0.3, -0.25) is 0 Å². The monoisotopic (exact) mass is 262 g/mol.